The number of likely N-dealkylation sites (tertiary alicyclic amines) is 1. The molecule has 0 aliphatic carbocycles. The van der Waals surface area contributed by atoms with E-state index in [9.17, 15) is 5.11 Å². The number of aromatic nitrogens is 2. The summed E-state index contributed by atoms with van der Waals surface area (Å²) < 4.78 is 6.06. The van der Waals surface area contributed by atoms with Gasteiger partial charge >= 0.3 is 0 Å². The zero-order valence-electron chi connectivity index (χ0n) is 16.6. The first-order valence-corrected chi connectivity index (χ1v) is 10.0. The maximum atomic E-state index is 10.1. The van der Waals surface area contributed by atoms with E-state index in [0.717, 1.165) is 30.8 Å². The van der Waals surface area contributed by atoms with E-state index in [-0.39, 0.29) is 11.3 Å². The van der Waals surface area contributed by atoms with E-state index in [1.54, 1.807) is 12.1 Å². The van der Waals surface area contributed by atoms with Gasteiger partial charge in [0.15, 0.2) is 5.58 Å². The molecule has 2 aliphatic heterocycles. The third-order valence-electron chi connectivity index (χ3n) is 6.29. The number of pyridine rings is 1. The van der Waals surface area contributed by atoms with Gasteiger partial charge in [0.25, 0.3) is 6.01 Å². The molecule has 0 radical (unpaired) electrons. The molecule has 2 aromatic heterocycles. The van der Waals surface area contributed by atoms with Crippen molar-refractivity contribution in [2.24, 2.45) is 5.92 Å². The Bertz CT molecular complexity index is 1130. The second-order valence-corrected chi connectivity index (χ2v) is 8.17. The van der Waals surface area contributed by atoms with Crippen molar-refractivity contribution in [2.75, 3.05) is 31.6 Å². The summed E-state index contributed by atoms with van der Waals surface area (Å²) in [7, 11) is 2.17. The highest BCUT2D eigenvalue weighted by Gasteiger charge is 2.39. The van der Waals surface area contributed by atoms with Crippen LogP contribution in [-0.2, 0) is 0 Å². The van der Waals surface area contributed by atoms with Crippen LogP contribution in [0.2, 0.25) is 0 Å². The minimum atomic E-state index is -0.0413. The van der Waals surface area contributed by atoms with Gasteiger partial charge in [-0.2, -0.15) is 10.2 Å². The number of nitriles is 1. The molecule has 7 heteroatoms. The minimum Gasteiger partial charge on any atom is -0.507 e. The molecule has 0 amide bonds. The second kappa shape index (κ2) is 6.75. The number of aromatic hydroxyl groups is 1. The molecule has 3 aromatic rings. The summed E-state index contributed by atoms with van der Waals surface area (Å²) in [4.78, 5) is 14.0. The Hall–Kier alpha value is -3.11. The Balaban J connectivity index is 1.50. The molecule has 2 atom stereocenters. The zero-order chi connectivity index (χ0) is 20.1. The average molecular weight is 389 g/mol. The lowest BCUT2D eigenvalue weighted by Crippen LogP contribution is -2.46. The summed E-state index contributed by atoms with van der Waals surface area (Å²) in [6, 6.07) is 10.1. The number of piperidine rings is 1. The smallest absolute Gasteiger partial charge is 0.300 e. The van der Waals surface area contributed by atoms with Crippen molar-refractivity contribution in [2.45, 2.75) is 25.8 Å². The van der Waals surface area contributed by atoms with E-state index >= 15 is 0 Å². The summed E-state index contributed by atoms with van der Waals surface area (Å²) in [6.07, 6.45) is 2.40. The highest BCUT2D eigenvalue weighted by Crippen LogP contribution is 2.36. The number of phenols is 1. The largest absolute Gasteiger partial charge is 0.507 e. The van der Waals surface area contributed by atoms with Crippen molar-refractivity contribution in [3.8, 4) is 23.1 Å². The van der Waals surface area contributed by atoms with E-state index < -0.39 is 0 Å². The molecule has 2 unspecified atom stereocenters. The van der Waals surface area contributed by atoms with E-state index in [1.165, 1.54) is 12.8 Å². The van der Waals surface area contributed by atoms with Crippen molar-refractivity contribution < 1.29 is 9.52 Å². The molecule has 0 saturated carbocycles. The molecule has 1 aromatic carbocycles. The number of phenolic OH excluding ortho intramolecular Hbond substituents is 1. The van der Waals surface area contributed by atoms with Crippen molar-refractivity contribution in [3.63, 3.8) is 0 Å². The van der Waals surface area contributed by atoms with Crippen LogP contribution < -0.4 is 4.90 Å². The van der Waals surface area contributed by atoms with Gasteiger partial charge in [-0.1, -0.05) is 0 Å². The molecule has 2 saturated heterocycles. The minimum absolute atomic E-state index is 0.0413. The van der Waals surface area contributed by atoms with Gasteiger partial charge in [0.2, 0.25) is 5.65 Å². The van der Waals surface area contributed by atoms with Crippen LogP contribution in [0.5, 0.6) is 5.75 Å². The fourth-order valence-electron chi connectivity index (χ4n) is 4.68. The summed E-state index contributed by atoms with van der Waals surface area (Å²) in [5.41, 5.74) is 3.84. The summed E-state index contributed by atoms with van der Waals surface area (Å²) >= 11 is 0. The molecule has 7 nitrogen and oxygen atoms in total. The van der Waals surface area contributed by atoms with Crippen LogP contribution >= 0.6 is 0 Å². The normalized spacial score (nSPS) is 22.0. The highest BCUT2D eigenvalue weighted by atomic mass is 16.4. The molecule has 148 valence electrons. The first kappa shape index (κ1) is 18.0. The van der Waals surface area contributed by atoms with Gasteiger partial charge in [0, 0.05) is 24.7 Å². The van der Waals surface area contributed by atoms with Crippen LogP contribution in [0.4, 0.5) is 6.01 Å². The number of nitrogens with zero attached hydrogens (tertiary/aromatic N) is 5. The predicted octanol–water partition coefficient (Wildman–Crippen LogP) is 3.31. The molecule has 5 rings (SSSR count). The Kier molecular flexibility index (Phi) is 4.18. The van der Waals surface area contributed by atoms with Crippen LogP contribution in [0, 0.1) is 24.2 Å². The monoisotopic (exact) mass is 389 g/mol. The molecular formula is C22H23N5O2. The number of hydrogen-bond donors (Lipinski definition) is 1. The maximum absolute atomic E-state index is 10.1. The predicted molar refractivity (Wildman–Crippen MR) is 110 cm³/mol. The molecule has 29 heavy (non-hydrogen) atoms. The van der Waals surface area contributed by atoms with E-state index in [1.807, 2.05) is 25.1 Å². The molecule has 2 aliphatic rings. The Labute approximate surface area is 169 Å². The van der Waals surface area contributed by atoms with Crippen LogP contribution in [-0.4, -0.2) is 52.7 Å². The number of oxazole rings is 1. The number of hydrogen-bond acceptors (Lipinski definition) is 7. The van der Waals surface area contributed by atoms with Crippen molar-refractivity contribution >= 4 is 17.2 Å². The summed E-state index contributed by atoms with van der Waals surface area (Å²) in [5, 5.41) is 19.2. The first-order chi connectivity index (χ1) is 14.0. The SMILES string of the molecule is Cc1cc(C#N)c(O)cc1-c1ccc2oc(N3CCC4CCN(C)CC43)nc2n1. The number of rotatable bonds is 2. The fraction of sp³-hybridized carbons (Fsp3) is 0.409. The molecule has 2 fully saturated rings. The van der Waals surface area contributed by atoms with Crippen LogP contribution in [0.1, 0.15) is 24.0 Å². The molecule has 4 heterocycles. The lowest BCUT2D eigenvalue weighted by molar-refractivity contribution is 0.206. The van der Waals surface area contributed by atoms with Crippen LogP contribution in [0.25, 0.3) is 22.5 Å². The van der Waals surface area contributed by atoms with Gasteiger partial charge in [-0.3, -0.25) is 0 Å². The number of aryl methyl sites for hydroxylation is 1. The van der Waals surface area contributed by atoms with Crippen LogP contribution in [0.3, 0.4) is 0 Å². The van der Waals surface area contributed by atoms with Crippen molar-refractivity contribution in [1.29, 1.82) is 5.26 Å². The molecule has 0 bridgehead atoms. The number of likely N-dealkylation sites (N-methyl/N-ethyl adjacent to an activating group) is 1. The molecular weight excluding hydrogens is 366 g/mol. The van der Waals surface area contributed by atoms with Crippen molar-refractivity contribution in [3.05, 3.63) is 35.4 Å². The Morgan fingerprint density at radius 1 is 1.21 bits per heavy atom. The van der Waals surface area contributed by atoms with E-state index in [4.69, 9.17) is 14.7 Å². The maximum Gasteiger partial charge on any atom is 0.300 e. The Morgan fingerprint density at radius 2 is 2.03 bits per heavy atom. The number of anilines is 1. The Morgan fingerprint density at radius 3 is 2.86 bits per heavy atom. The topological polar surface area (TPSA) is 89.4 Å². The highest BCUT2D eigenvalue weighted by molar-refractivity contribution is 5.77. The van der Waals surface area contributed by atoms with Gasteiger partial charge in [-0.15, -0.1) is 0 Å². The van der Waals surface area contributed by atoms with Crippen molar-refractivity contribution in [1.82, 2.24) is 14.9 Å². The standard InChI is InChI=1S/C22H23N5O2/c1-13-9-15(11-23)19(28)10-16(13)17-3-4-20-21(24-17)25-22(29-20)27-8-6-14-5-7-26(2)12-18(14)27/h3-4,9-10,14,18,28H,5-8,12H2,1-2H3. The number of benzene rings is 1. The fourth-order valence-corrected chi connectivity index (χ4v) is 4.68. The lowest BCUT2D eigenvalue weighted by atomic mass is 9.93. The van der Waals surface area contributed by atoms with E-state index in [0.29, 0.717) is 34.9 Å². The van der Waals surface area contributed by atoms with Gasteiger partial charge in [0.05, 0.1) is 11.3 Å². The second-order valence-electron chi connectivity index (χ2n) is 8.17. The molecule has 1 N–H and O–H groups in total. The average Bonchev–Trinajstić information content (AvgIpc) is 3.31. The quantitative estimate of drug-likeness (QED) is 0.719. The van der Waals surface area contributed by atoms with Gasteiger partial charge in [-0.25, -0.2) is 4.98 Å². The van der Waals surface area contributed by atoms with Gasteiger partial charge in [-0.05, 0) is 69.1 Å². The van der Waals surface area contributed by atoms with Crippen LogP contribution in [0.15, 0.2) is 28.7 Å². The summed E-state index contributed by atoms with van der Waals surface area (Å²) in [6.45, 7) is 5.06. The number of fused-ring (bicyclic) bond motifs is 2. The van der Waals surface area contributed by atoms with Gasteiger partial charge < -0.3 is 19.3 Å². The lowest BCUT2D eigenvalue weighted by Gasteiger charge is -2.35. The van der Waals surface area contributed by atoms with E-state index in [2.05, 4.69) is 21.8 Å². The van der Waals surface area contributed by atoms with Gasteiger partial charge in [0.1, 0.15) is 11.8 Å². The zero-order valence-corrected chi connectivity index (χ0v) is 16.6. The molecule has 0 spiro atoms. The first-order valence-electron chi connectivity index (χ1n) is 10.0. The third kappa shape index (κ3) is 3.00. The summed E-state index contributed by atoms with van der Waals surface area (Å²) in [5.74, 6) is 0.661. The third-order valence-corrected chi connectivity index (χ3v) is 6.29.